The number of ether oxygens (including phenoxy) is 1. The van der Waals surface area contributed by atoms with Gasteiger partial charge in [-0.2, -0.15) is 0 Å². The highest BCUT2D eigenvalue weighted by atomic mass is 16.5. The van der Waals surface area contributed by atoms with Gasteiger partial charge in [0.2, 0.25) is 0 Å². The second-order valence-electron chi connectivity index (χ2n) is 4.84. The molecule has 112 valence electrons. The highest BCUT2D eigenvalue weighted by Crippen LogP contribution is 2.09. The smallest absolute Gasteiger partial charge is 0.307 e. The van der Waals surface area contributed by atoms with Gasteiger partial charge in [0, 0.05) is 19.8 Å². The summed E-state index contributed by atoms with van der Waals surface area (Å²) in [6.07, 6.45) is 3.34. The number of carboxylic acid groups (broad SMARTS) is 1. The second kappa shape index (κ2) is 10.4. The van der Waals surface area contributed by atoms with Crippen molar-refractivity contribution in [2.45, 2.75) is 39.2 Å². The Morgan fingerprint density at radius 2 is 1.90 bits per heavy atom. The van der Waals surface area contributed by atoms with E-state index in [0.29, 0.717) is 6.54 Å². The van der Waals surface area contributed by atoms with E-state index in [1.807, 2.05) is 24.3 Å². The van der Waals surface area contributed by atoms with Crippen molar-refractivity contribution in [3.8, 4) is 0 Å². The molecule has 20 heavy (non-hydrogen) atoms. The molecule has 0 bridgehead atoms. The molecule has 0 radical (unpaired) electrons. The Balaban J connectivity index is 2.20. The molecule has 0 amide bonds. The van der Waals surface area contributed by atoms with E-state index in [-0.39, 0.29) is 6.42 Å². The Bertz CT molecular complexity index is 393. The zero-order chi connectivity index (χ0) is 14.6. The van der Waals surface area contributed by atoms with Gasteiger partial charge in [-0.15, -0.1) is 0 Å². The lowest BCUT2D eigenvalue weighted by atomic mass is 10.0. The van der Waals surface area contributed by atoms with Crippen molar-refractivity contribution in [3.05, 3.63) is 35.4 Å². The zero-order valence-electron chi connectivity index (χ0n) is 12.2. The molecule has 0 heterocycles. The van der Waals surface area contributed by atoms with Crippen molar-refractivity contribution < 1.29 is 14.6 Å². The number of benzene rings is 1. The third-order valence-electron chi connectivity index (χ3n) is 3.06. The quantitative estimate of drug-likeness (QED) is 0.611. The first-order valence-corrected chi connectivity index (χ1v) is 7.31. The fourth-order valence-electron chi connectivity index (χ4n) is 1.94. The van der Waals surface area contributed by atoms with Gasteiger partial charge < -0.3 is 15.2 Å². The number of aliphatic carboxylic acids is 1. The Kier molecular flexibility index (Phi) is 8.67. The van der Waals surface area contributed by atoms with Gasteiger partial charge >= 0.3 is 5.97 Å². The third-order valence-corrected chi connectivity index (χ3v) is 3.06. The molecule has 1 aromatic carbocycles. The minimum atomic E-state index is -0.790. The molecular weight excluding hydrogens is 254 g/mol. The molecule has 0 saturated carbocycles. The van der Waals surface area contributed by atoms with E-state index in [9.17, 15) is 4.79 Å². The van der Waals surface area contributed by atoms with Gasteiger partial charge in [0.1, 0.15) is 0 Å². The monoisotopic (exact) mass is 279 g/mol. The highest BCUT2D eigenvalue weighted by Gasteiger charge is 2.05. The van der Waals surface area contributed by atoms with E-state index < -0.39 is 5.97 Å². The molecule has 1 rings (SSSR count). The first-order valence-electron chi connectivity index (χ1n) is 7.31. The van der Waals surface area contributed by atoms with Crippen LogP contribution in [0.2, 0.25) is 0 Å². The van der Waals surface area contributed by atoms with E-state index in [2.05, 4.69) is 12.2 Å². The lowest BCUT2D eigenvalue weighted by Gasteiger charge is -2.09. The molecular formula is C16H25NO3. The van der Waals surface area contributed by atoms with Crippen molar-refractivity contribution in [1.29, 1.82) is 0 Å². The summed E-state index contributed by atoms with van der Waals surface area (Å²) in [7, 11) is 0. The zero-order valence-corrected chi connectivity index (χ0v) is 12.2. The summed E-state index contributed by atoms with van der Waals surface area (Å²) in [5, 5.41) is 12.2. The number of nitrogens with one attached hydrogen (secondary N) is 1. The minimum absolute atomic E-state index is 0.0813. The molecule has 0 spiro atoms. The highest BCUT2D eigenvalue weighted by molar-refractivity contribution is 5.70. The van der Waals surface area contributed by atoms with Gasteiger partial charge in [-0.05, 0) is 30.5 Å². The number of rotatable bonds is 11. The molecule has 0 aliphatic heterocycles. The summed E-state index contributed by atoms with van der Waals surface area (Å²) >= 11 is 0. The average Bonchev–Trinajstić information content (AvgIpc) is 2.43. The molecule has 0 aliphatic carbocycles. The largest absolute Gasteiger partial charge is 0.481 e. The molecule has 2 N–H and O–H groups in total. The number of unbranched alkanes of at least 4 members (excludes halogenated alkanes) is 1. The number of hydrogen-bond acceptors (Lipinski definition) is 3. The van der Waals surface area contributed by atoms with Crippen LogP contribution >= 0.6 is 0 Å². The Labute approximate surface area is 121 Å². The normalized spacial score (nSPS) is 10.7. The average molecular weight is 279 g/mol. The topological polar surface area (TPSA) is 58.6 Å². The first kappa shape index (κ1) is 16.7. The Morgan fingerprint density at radius 1 is 1.20 bits per heavy atom. The van der Waals surface area contributed by atoms with Crippen LogP contribution < -0.4 is 5.32 Å². The number of carboxylic acids is 1. The number of hydrogen-bond donors (Lipinski definition) is 2. The molecule has 4 nitrogen and oxygen atoms in total. The van der Waals surface area contributed by atoms with Crippen LogP contribution in [0, 0.1) is 0 Å². The summed E-state index contributed by atoms with van der Waals surface area (Å²) in [4.78, 5) is 10.8. The third kappa shape index (κ3) is 7.26. The SMILES string of the molecule is CCCCOCCCNCc1ccccc1CC(=O)O. The maximum atomic E-state index is 10.8. The van der Waals surface area contributed by atoms with E-state index >= 15 is 0 Å². The number of carbonyl (C=O) groups is 1. The minimum Gasteiger partial charge on any atom is -0.481 e. The summed E-state index contributed by atoms with van der Waals surface area (Å²) < 4.78 is 5.48. The molecule has 4 heteroatoms. The van der Waals surface area contributed by atoms with Crippen LogP contribution in [0.3, 0.4) is 0 Å². The van der Waals surface area contributed by atoms with E-state index in [0.717, 1.165) is 43.7 Å². The fourth-order valence-corrected chi connectivity index (χ4v) is 1.94. The Hall–Kier alpha value is -1.39. The molecule has 0 fully saturated rings. The van der Waals surface area contributed by atoms with E-state index in [4.69, 9.17) is 9.84 Å². The van der Waals surface area contributed by atoms with Crippen LogP contribution in [-0.2, 0) is 22.5 Å². The van der Waals surface area contributed by atoms with Crippen LogP contribution in [0.1, 0.15) is 37.3 Å². The molecule has 1 aromatic rings. The van der Waals surface area contributed by atoms with Crippen molar-refractivity contribution in [2.24, 2.45) is 0 Å². The van der Waals surface area contributed by atoms with Crippen molar-refractivity contribution >= 4 is 5.97 Å². The molecule has 0 aromatic heterocycles. The van der Waals surface area contributed by atoms with Crippen molar-refractivity contribution in [3.63, 3.8) is 0 Å². The summed E-state index contributed by atoms with van der Waals surface area (Å²) in [5.41, 5.74) is 1.94. The summed E-state index contributed by atoms with van der Waals surface area (Å²) in [5.74, 6) is -0.790. The summed E-state index contributed by atoms with van der Waals surface area (Å²) in [6, 6.07) is 7.67. The van der Waals surface area contributed by atoms with Crippen LogP contribution in [0.4, 0.5) is 0 Å². The van der Waals surface area contributed by atoms with Gasteiger partial charge in [0.15, 0.2) is 0 Å². The van der Waals surface area contributed by atoms with E-state index in [1.165, 1.54) is 6.42 Å². The van der Waals surface area contributed by atoms with Gasteiger partial charge in [0.25, 0.3) is 0 Å². The van der Waals surface area contributed by atoms with Crippen LogP contribution in [0.15, 0.2) is 24.3 Å². The fraction of sp³-hybridized carbons (Fsp3) is 0.562. The molecule has 0 aliphatic rings. The molecule has 0 saturated heterocycles. The predicted molar refractivity (Wildman–Crippen MR) is 79.8 cm³/mol. The van der Waals surface area contributed by atoms with Gasteiger partial charge in [-0.1, -0.05) is 37.6 Å². The van der Waals surface area contributed by atoms with Gasteiger partial charge in [-0.25, -0.2) is 0 Å². The lowest BCUT2D eigenvalue weighted by molar-refractivity contribution is -0.136. The Morgan fingerprint density at radius 3 is 2.60 bits per heavy atom. The van der Waals surface area contributed by atoms with Crippen LogP contribution in [0.25, 0.3) is 0 Å². The van der Waals surface area contributed by atoms with Gasteiger partial charge in [-0.3, -0.25) is 4.79 Å². The summed E-state index contributed by atoms with van der Waals surface area (Å²) in [6.45, 7) is 5.37. The molecule has 0 unspecified atom stereocenters. The van der Waals surface area contributed by atoms with Crippen LogP contribution in [-0.4, -0.2) is 30.8 Å². The molecule has 0 atom stereocenters. The van der Waals surface area contributed by atoms with E-state index in [1.54, 1.807) is 0 Å². The first-order chi connectivity index (χ1) is 9.74. The van der Waals surface area contributed by atoms with Crippen molar-refractivity contribution in [1.82, 2.24) is 5.32 Å². The van der Waals surface area contributed by atoms with Crippen LogP contribution in [0.5, 0.6) is 0 Å². The maximum Gasteiger partial charge on any atom is 0.307 e. The predicted octanol–water partition coefficient (Wildman–Crippen LogP) is 2.61. The maximum absolute atomic E-state index is 10.8. The standard InChI is InChI=1S/C16H25NO3/c1-2-3-10-20-11-6-9-17-13-15-8-5-4-7-14(15)12-16(18)19/h4-5,7-8,17H,2-3,6,9-13H2,1H3,(H,18,19). The lowest BCUT2D eigenvalue weighted by Crippen LogP contribution is -2.18. The second-order valence-corrected chi connectivity index (χ2v) is 4.84. The van der Waals surface area contributed by atoms with Crippen molar-refractivity contribution in [2.75, 3.05) is 19.8 Å². The van der Waals surface area contributed by atoms with Gasteiger partial charge in [0.05, 0.1) is 6.42 Å².